The molecule has 0 saturated heterocycles. The molecule has 0 aliphatic carbocycles. The summed E-state index contributed by atoms with van der Waals surface area (Å²) in [5.41, 5.74) is 0.850. The van der Waals surface area contributed by atoms with Crippen molar-refractivity contribution < 1.29 is 0 Å². The summed E-state index contributed by atoms with van der Waals surface area (Å²) in [6, 6.07) is 9.46. The fourth-order valence-electron chi connectivity index (χ4n) is 1.14. The maximum Gasteiger partial charge on any atom is 0.0750 e. The number of rotatable bonds is 1. The molecule has 2 aromatic rings. The topological polar surface area (TPSA) is 34.4 Å². The summed E-state index contributed by atoms with van der Waals surface area (Å²) < 4.78 is 1.31. The Labute approximate surface area is 63.2 Å². The van der Waals surface area contributed by atoms with Crippen LogP contribution in [-0.4, -0.2) is 4.68 Å². The van der Waals surface area contributed by atoms with Crippen molar-refractivity contribution in [2.75, 3.05) is 0 Å². The average molecular weight is 146 g/mol. The Morgan fingerprint density at radius 1 is 1.18 bits per heavy atom. The van der Waals surface area contributed by atoms with E-state index in [1.807, 2.05) is 30.3 Å². The number of nitrogens with zero attached hydrogens (tertiary/aromatic N) is 2. The molecule has 1 aromatic heterocycles. The van der Waals surface area contributed by atoms with E-state index < -0.39 is 0 Å². The van der Waals surface area contributed by atoms with Crippen LogP contribution >= 0.6 is 0 Å². The third-order valence-electron chi connectivity index (χ3n) is 1.67. The Hall–Kier alpha value is -1.64. The summed E-state index contributed by atoms with van der Waals surface area (Å²) in [5.74, 6) is 0. The summed E-state index contributed by atoms with van der Waals surface area (Å²) in [6.07, 6.45) is 1.65. The molecule has 0 unspecified atom stereocenters. The first-order valence-electron chi connectivity index (χ1n) is 3.31. The van der Waals surface area contributed by atoms with Gasteiger partial charge in [0.2, 0.25) is 0 Å². The minimum absolute atomic E-state index is 0.850. The molecule has 3 heteroatoms. The van der Waals surface area contributed by atoms with E-state index in [9.17, 15) is 4.91 Å². The van der Waals surface area contributed by atoms with Crippen molar-refractivity contribution in [3.05, 3.63) is 41.4 Å². The number of aromatic nitrogens is 1. The Balaban J connectivity index is 2.86. The van der Waals surface area contributed by atoms with E-state index in [2.05, 4.69) is 5.29 Å². The Kier molecular flexibility index (Phi) is 1.22. The van der Waals surface area contributed by atoms with Gasteiger partial charge >= 0.3 is 0 Å². The smallest absolute Gasteiger partial charge is 0.0750 e. The molecule has 1 aromatic carbocycles. The molecule has 11 heavy (non-hydrogen) atoms. The Morgan fingerprint density at radius 3 is 2.82 bits per heavy atom. The summed E-state index contributed by atoms with van der Waals surface area (Å²) in [6.45, 7) is 0. The lowest BCUT2D eigenvalue weighted by atomic mass is 10.3. The highest BCUT2D eigenvalue weighted by Gasteiger charge is 1.96. The van der Waals surface area contributed by atoms with Crippen LogP contribution in [0, 0.1) is 4.91 Å². The van der Waals surface area contributed by atoms with E-state index in [1.54, 1.807) is 6.20 Å². The van der Waals surface area contributed by atoms with Crippen molar-refractivity contribution in [2.24, 2.45) is 5.29 Å². The molecular formula is C8H6N2O. The second-order valence-corrected chi connectivity index (χ2v) is 2.30. The van der Waals surface area contributed by atoms with Gasteiger partial charge in [-0.05, 0) is 12.1 Å². The maximum absolute atomic E-state index is 10.2. The molecular weight excluding hydrogens is 140 g/mol. The molecule has 0 aliphatic rings. The second kappa shape index (κ2) is 2.20. The zero-order chi connectivity index (χ0) is 7.68. The first-order valence-corrected chi connectivity index (χ1v) is 3.31. The number of fused-ring (bicyclic) bond motifs is 1. The van der Waals surface area contributed by atoms with Crippen molar-refractivity contribution in [1.82, 2.24) is 4.68 Å². The first-order chi connectivity index (χ1) is 5.42. The summed E-state index contributed by atoms with van der Waals surface area (Å²) >= 11 is 0. The van der Waals surface area contributed by atoms with Crippen LogP contribution in [0.2, 0.25) is 0 Å². The SMILES string of the molecule is O=Nn1ccc2ccccc21. The first kappa shape index (κ1) is 6.09. The van der Waals surface area contributed by atoms with Gasteiger partial charge in [-0.15, -0.1) is 4.91 Å². The van der Waals surface area contributed by atoms with Gasteiger partial charge in [-0.25, -0.2) is 4.68 Å². The second-order valence-electron chi connectivity index (χ2n) is 2.30. The van der Waals surface area contributed by atoms with Gasteiger partial charge in [-0.3, -0.25) is 0 Å². The third kappa shape index (κ3) is 0.816. The number of hydrogen-bond donors (Lipinski definition) is 0. The van der Waals surface area contributed by atoms with Crippen molar-refractivity contribution in [3.8, 4) is 0 Å². The highest BCUT2D eigenvalue weighted by Crippen LogP contribution is 2.13. The highest BCUT2D eigenvalue weighted by molar-refractivity contribution is 5.79. The van der Waals surface area contributed by atoms with Crippen LogP contribution < -0.4 is 0 Å². The van der Waals surface area contributed by atoms with Gasteiger partial charge in [0.25, 0.3) is 0 Å². The van der Waals surface area contributed by atoms with E-state index in [-0.39, 0.29) is 0 Å². The highest BCUT2D eigenvalue weighted by atomic mass is 16.3. The van der Waals surface area contributed by atoms with Crippen LogP contribution in [0.4, 0.5) is 0 Å². The van der Waals surface area contributed by atoms with Crippen LogP contribution in [-0.2, 0) is 0 Å². The standard InChI is InChI=1S/C8H6N2O/c11-9-10-6-5-7-3-1-2-4-8(7)10/h1-6H. The van der Waals surface area contributed by atoms with Gasteiger partial charge in [-0.2, -0.15) is 0 Å². The fraction of sp³-hybridized carbons (Fsp3) is 0. The van der Waals surface area contributed by atoms with Crippen LogP contribution in [0.25, 0.3) is 10.9 Å². The van der Waals surface area contributed by atoms with Gasteiger partial charge in [0, 0.05) is 11.6 Å². The van der Waals surface area contributed by atoms with Crippen molar-refractivity contribution in [1.29, 1.82) is 0 Å². The average Bonchev–Trinajstić information content (AvgIpc) is 2.47. The van der Waals surface area contributed by atoms with E-state index in [0.29, 0.717) is 0 Å². The molecule has 0 spiro atoms. The third-order valence-corrected chi connectivity index (χ3v) is 1.67. The summed E-state index contributed by atoms with van der Waals surface area (Å²) in [4.78, 5) is 10.2. The number of para-hydroxylation sites is 1. The quantitative estimate of drug-likeness (QED) is 0.567. The lowest BCUT2D eigenvalue weighted by Crippen LogP contribution is -1.80. The minimum atomic E-state index is 0.850. The van der Waals surface area contributed by atoms with Crippen LogP contribution in [0.3, 0.4) is 0 Å². The van der Waals surface area contributed by atoms with E-state index >= 15 is 0 Å². The predicted octanol–water partition coefficient (Wildman–Crippen LogP) is 2.17. The lowest BCUT2D eigenvalue weighted by Gasteiger charge is -1.89. The monoisotopic (exact) mass is 146 g/mol. The van der Waals surface area contributed by atoms with Crippen LogP contribution in [0.5, 0.6) is 0 Å². The molecule has 0 bridgehead atoms. The lowest BCUT2D eigenvalue weighted by molar-refractivity contribution is 0.913. The van der Waals surface area contributed by atoms with Gasteiger partial charge in [0.15, 0.2) is 0 Å². The molecule has 0 atom stereocenters. The Bertz CT molecular complexity index is 392. The Morgan fingerprint density at radius 2 is 2.00 bits per heavy atom. The number of hydrogen-bond acceptors (Lipinski definition) is 2. The van der Waals surface area contributed by atoms with E-state index in [0.717, 1.165) is 10.9 Å². The van der Waals surface area contributed by atoms with Gasteiger partial charge in [-0.1, -0.05) is 18.2 Å². The molecule has 0 radical (unpaired) electrons. The minimum Gasteiger partial charge on any atom is -0.204 e. The molecule has 54 valence electrons. The van der Waals surface area contributed by atoms with Crippen molar-refractivity contribution >= 4 is 10.9 Å². The van der Waals surface area contributed by atoms with Crippen LogP contribution in [0.15, 0.2) is 41.8 Å². The van der Waals surface area contributed by atoms with Gasteiger partial charge < -0.3 is 0 Å². The molecule has 2 rings (SSSR count). The molecule has 0 N–H and O–H groups in total. The summed E-state index contributed by atoms with van der Waals surface area (Å²) in [7, 11) is 0. The molecule has 1 heterocycles. The predicted molar refractivity (Wildman–Crippen MR) is 43.1 cm³/mol. The molecule has 3 nitrogen and oxygen atoms in total. The maximum atomic E-state index is 10.2. The molecule has 0 fully saturated rings. The van der Waals surface area contributed by atoms with Gasteiger partial charge in [0.05, 0.1) is 10.8 Å². The van der Waals surface area contributed by atoms with Crippen molar-refractivity contribution in [2.45, 2.75) is 0 Å². The van der Waals surface area contributed by atoms with Crippen LogP contribution in [0.1, 0.15) is 0 Å². The summed E-state index contributed by atoms with van der Waals surface area (Å²) in [5, 5.41) is 3.86. The normalized spacial score (nSPS) is 10.2. The number of benzene rings is 1. The number of nitroso groups, excluding NO2 is 1. The molecule has 0 saturated carbocycles. The zero-order valence-electron chi connectivity index (χ0n) is 5.77. The fourth-order valence-corrected chi connectivity index (χ4v) is 1.14. The van der Waals surface area contributed by atoms with Crippen molar-refractivity contribution in [3.63, 3.8) is 0 Å². The largest absolute Gasteiger partial charge is 0.204 e. The molecule has 0 amide bonds. The van der Waals surface area contributed by atoms with Gasteiger partial charge in [0.1, 0.15) is 0 Å². The van der Waals surface area contributed by atoms with E-state index in [4.69, 9.17) is 0 Å². The molecule has 0 aliphatic heterocycles. The van der Waals surface area contributed by atoms with E-state index in [1.165, 1.54) is 4.68 Å². The zero-order valence-corrected chi connectivity index (χ0v) is 5.77.